The van der Waals surface area contributed by atoms with E-state index in [0.29, 0.717) is 6.54 Å². The fourth-order valence-electron chi connectivity index (χ4n) is 2.76. The minimum absolute atomic E-state index is 0.0281. The van der Waals surface area contributed by atoms with Crippen LogP contribution in [0.1, 0.15) is 17.8 Å². The van der Waals surface area contributed by atoms with Gasteiger partial charge >= 0.3 is 0 Å². The summed E-state index contributed by atoms with van der Waals surface area (Å²) in [6, 6.07) is 3.75. The van der Waals surface area contributed by atoms with Crippen LogP contribution in [0.2, 0.25) is 0 Å². The molecule has 122 valence electrons. The summed E-state index contributed by atoms with van der Waals surface area (Å²) < 4.78 is 5.88. The van der Waals surface area contributed by atoms with Crippen LogP contribution in [0.4, 0.5) is 5.69 Å². The van der Waals surface area contributed by atoms with Gasteiger partial charge in [0.2, 0.25) is 5.91 Å². The summed E-state index contributed by atoms with van der Waals surface area (Å²) in [6.45, 7) is 5.71. The third-order valence-corrected chi connectivity index (χ3v) is 3.93. The number of aromatic nitrogens is 3. The van der Waals surface area contributed by atoms with Crippen molar-refractivity contribution in [3.05, 3.63) is 35.9 Å². The normalized spacial score (nSPS) is 18.1. The lowest BCUT2D eigenvalue weighted by atomic mass is 10.3. The van der Waals surface area contributed by atoms with Crippen LogP contribution in [0, 0.1) is 13.8 Å². The number of rotatable bonds is 5. The molecule has 0 saturated carbocycles. The molecule has 1 aliphatic heterocycles. The molecule has 1 atom stereocenters. The van der Waals surface area contributed by atoms with Crippen molar-refractivity contribution < 1.29 is 9.53 Å². The van der Waals surface area contributed by atoms with Crippen LogP contribution >= 0.6 is 0 Å². The molecular weight excluding hydrogens is 294 g/mol. The zero-order valence-corrected chi connectivity index (χ0v) is 13.4. The summed E-state index contributed by atoms with van der Waals surface area (Å²) in [5.41, 5.74) is 2.45. The van der Waals surface area contributed by atoms with Crippen LogP contribution < -0.4 is 10.1 Å². The lowest BCUT2D eigenvalue weighted by molar-refractivity contribution is -0.117. The maximum Gasteiger partial charge on any atom is 0.238 e. The first-order valence-corrected chi connectivity index (χ1v) is 7.72. The number of likely N-dealkylation sites (tertiary alicyclic amines) is 1. The number of carbonyl (C=O) groups excluding carboxylic acids is 1. The number of nitrogens with one attached hydrogen (secondary N) is 2. The van der Waals surface area contributed by atoms with Gasteiger partial charge in [-0.2, -0.15) is 5.10 Å². The van der Waals surface area contributed by atoms with Gasteiger partial charge in [-0.15, -0.1) is 0 Å². The van der Waals surface area contributed by atoms with Gasteiger partial charge in [0.25, 0.3) is 0 Å². The first kappa shape index (κ1) is 15.5. The maximum absolute atomic E-state index is 12.2. The van der Waals surface area contributed by atoms with Gasteiger partial charge in [0.05, 0.1) is 29.8 Å². The number of nitrogens with zero attached hydrogens (tertiary/aromatic N) is 3. The number of pyridine rings is 1. The Balaban J connectivity index is 1.49. The Labute approximate surface area is 135 Å². The van der Waals surface area contributed by atoms with Crippen LogP contribution in [-0.2, 0) is 4.79 Å². The molecule has 0 bridgehead atoms. The molecule has 3 rings (SSSR count). The topological polar surface area (TPSA) is 83.1 Å². The standard InChI is InChI=1S/C16H21N5O2/c1-11-16(12(2)20-19-11)18-15(22)10-21-7-5-14(9-21)23-13-4-3-6-17-8-13/h3-4,6,8,14H,5,7,9-10H2,1-2H3,(H,18,22)(H,19,20). The summed E-state index contributed by atoms with van der Waals surface area (Å²) >= 11 is 0. The third kappa shape index (κ3) is 3.87. The summed E-state index contributed by atoms with van der Waals surface area (Å²) in [4.78, 5) is 18.3. The Kier molecular flexibility index (Phi) is 4.57. The highest BCUT2D eigenvalue weighted by Gasteiger charge is 2.25. The number of aromatic amines is 1. The molecule has 23 heavy (non-hydrogen) atoms. The molecule has 2 N–H and O–H groups in total. The van der Waals surface area contributed by atoms with E-state index in [1.165, 1.54) is 0 Å². The zero-order chi connectivity index (χ0) is 16.2. The van der Waals surface area contributed by atoms with Gasteiger partial charge in [0.1, 0.15) is 11.9 Å². The molecule has 1 amide bonds. The van der Waals surface area contributed by atoms with Crippen molar-refractivity contribution in [2.24, 2.45) is 0 Å². The molecule has 3 heterocycles. The van der Waals surface area contributed by atoms with Crippen molar-refractivity contribution >= 4 is 11.6 Å². The van der Waals surface area contributed by atoms with Crippen LogP contribution in [0.5, 0.6) is 5.75 Å². The second-order valence-electron chi connectivity index (χ2n) is 5.81. The Hall–Kier alpha value is -2.41. The van der Waals surface area contributed by atoms with Crippen LogP contribution in [0.3, 0.4) is 0 Å². The molecular formula is C16H21N5O2. The largest absolute Gasteiger partial charge is 0.487 e. The van der Waals surface area contributed by atoms with E-state index < -0.39 is 0 Å². The van der Waals surface area contributed by atoms with Crippen molar-refractivity contribution in [1.82, 2.24) is 20.1 Å². The van der Waals surface area contributed by atoms with E-state index in [9.17, 15) is 4.79 Å². The van der Waals surface area contributed by atoms with Crippen LogP contribution in [0.15, 0.2) is 24.5 Å². The van der Waals surface area contributed by atoms with E-state index in [0.717, 1.165) is 42.3 Å². The number of H-pyrrole nitrogens is 1. The molecule has 0 aromatic carbocycles. The molecule has 2 aromatic rings. The van der Waals surface area contributed by atoms with Gasteiger partial charge in [-0.3, -0.25) is 19.8 Å². The van der Waals surface area contributed by atoms with E-state index >= 15 is 0 Å². The molecule has 7 heteroatoms. The second kappa shape index (κ2) is 6.78. The minimum atomic E-state index is -0.0281. The number of amides is 1. The second-order valence-corrected chi connectivity index (χ2v) is 5.81. The quantitative estimate of drug-likeness (QED) is 0.874. The number of hydrogen-bond acceptors (Lipinski definition) is 5. The van der Waals surface area contributed by atoms with E-state index in [-0.39, 0.29) is 12.0 Å². The SMILES string of the molecule is Cc1n[nH]c(C)c1NC(=O)CN1CCC(Oc2cccnc2)C1. The average molecular weight is 315 g/mol. The predicted molar refractivity (Wildman–Crippen MR) is 86.4 cm³/mol. The molecule has 1 aliphatic rings. The first-order chi connectivity index (χ1) is 11.1. The molecule has 1 saturated heterocycles. The van der Waals surface area contributed by atoms with Crippen molar-refractivity contribution in [2.45, 2.75) is 26.4 Å². The Bertz CT molecular complexity index is 651. The Morgan fingerprint density at radius 3 is 3.09 bits per heavy atom. The number of anilines is 1. The van der Waals surface area contributed by atoms with Crippen LogP contribution in [0.25, 0.3) is 0 Å². The monoisotopic (exact) mass is 315 g/mol. The molecule has 0 radical (unpaired) electrons. The smallest absolute Gasteiger partial charge is 0.238 e. The maximum atomic E-state index is 12.2. The fourth-order valence-corrected chi connectivity index (χ4v) is 2.76. The van der Waals surface area contributed by atoms with E-state index in [1.807, 2.05) is 26.0 Å². The average Bonchev–Trinajstić information content (AvgIpc) is 3.09. The number of ether oxygens (including phenoxy) is 1. The molecule has 2 aromatic heterocycles. The molecule has 0 spiro atoms. The predicted octanol–water partition coefficient (Wildman–Crippen LogP) is 1.51. The molecule has 7 nitrogen and oxygen atoms in total. The molecule has 0 aliphatic carbocycles. The number of hydrogen-bond donors (Lipinski definition) is 2. The van der Waals surface area contributed by atoms with Gasteiger partial charge in [0, 0.05) is 19.3 Å². The van der Waals surface area contributed by atoms with Gasteiger partial charge in [0.15, 0.2) is 0 Å². The van der Waals surface area contributed by atoms with Crippen molar-refractivity contribution in [3.63, 3.8) is 0 Å². The van der Waals surface area contributed by atoms with Crippen molar-refractivity contribution in [3.8, 4) is 5.75 Å². The Morgan fingerprint density at radius 2 is 2.39 bits per heavy atom. The van der Waals surface area contributed by atoms with E-state index in [1.54, 1.807) is 12.4 Å². The zero-order valence-electron chi connectivity index (χ0n) is 13.4. The van der Waals surface area contributed by atoms with Crippen molar-refractivity contribution in [2.75, 3.05) is 25.0 Å². The first-order valence-electron chi connectivity index (χ1n) is 7.72. The van der Waals surface area contributed by atoms with Gasteiger partial charge in [-0.05, 0) is 32.4 Å². The summed E-state index contributed by atoms with van der Waals surface area (Å²) in [7, 11) is 0. The van der Waals surface area contributed by atoms with Gasteiger partial charge in [-0.25, -0.2) is 0 Å². The molecule has 1 fully saturated rings. The number of aryl methyl sites for hydroxylation is 2. The summed E-state index contributed by atoms with van der Waals surface area (Å²) in [5, 5.41) is 9.87. The molecule has 1 unspecified atom stereocenters. The fraction of sp³-hybridized carbons (Fsp3) is 0.438. The van der Waals surface area contributed by atoms with Gasteiger partial charge < -0.3 is 10.1 Å². The van der Waals surface area contributed by atoms with E-state index in [2.05, 4.69) is 25.4 Å². The number of carbonyl (C=O) groups is 1. The minimum Gasteiger partial charge on any atom is -0.487 e. The summed E-state index contributed by atoms with van der Waals surface area (Å²) in [5.74, 6) is 0.744. The Morgan fingerprint density at radius 1 is 1.52 bits per heavy atom. The highest BCUT2D eigenvalue weighted by Crippen LogP contribution is 2.18. The van der Waals surface area contributed by atoms with E-state index in [4.69, 9.17) is 4.74 Å². The van der Waals surface area contributed by atoms with Crippen molar-refractivity contribution in [1.29, 1.82) is 0 Å². The highest BCUT2D eigenvalue weighted by atomic mass is 16.5. The lowest BCUT2D eigenvalue weighted by Gasteiger charge is -2.16. The van der Waals surface area contributed by atoms with Crippen LogP contribution in [-0.4, -0.2) is 51.7 Å². The third-order valence-electron chi connectivity index (χ3n) is 3.93. The summed E-state index contributed by atoms with van der Waals surface area (Å²) in [6.07, 6.45) is 4.44. The highest BCUT2D eigenvalue weighted by molar-refractivity contribution is 5.93. The lowest BCUT2D eigenvalue weighted by Crippen LogP contribution is -2.33. The van der Waals surface area contributed by atoms with Gasteiger partial charge in [-0.1, -0.05) is 0 Å².